The second kappa shape index (κ2) is 11.9. The summed E-state index contributed by atoms with van der Waals surface area (Å²) in [7, 11) is 0. The topological polar surface area (TPSA) is 80.2 Å². The molecule has 6 nitrogen and oxygen atoms in total. The molecule has 0 amide bonds. The van der Waals surface area contributed by atoms with E-state index in [1.54, 1.807) is 16.7 Å². The molecule has 37 heavy (non-hydrogen) atoms. The number of phenols is 1. The maximum atomic E-state index is 13.6. The van der Waals surface area contributed by atoms with Crippen LogP contribution in [0.3, 0.4) is 0 Å². The summed E-state index contributed by atoms with van der Waals surface area (Å²) >= 11 is 0. The number of fused-ring (bicyclic) bond motifs is 1. The highest BCUT2D eigenvalue weighted by Gasteiger charge is 2.24. The molecule has 0 saturated heterocycles. The van der Waals surface area contributed by atoms with Crippen molar-refractivity contribution in [2.24, 2.45) is 0 Å². The summed E-state index contributed by atoms with van der Waals surface area (Å²) in [6.07, 6.45) is 0.525. The van der Waals surface area contributed by atoms with Gasteiger partial charge in [0.15, 0.2) is 5.78 Å². The molecule has 0 saturated carbocycles. The number of halogens is 1. The van der Waals surface area contributed by atoms with Crippen LogP contribution in [0.15, 0.2) is 66.7 Å². The van der Waals surface area contributed by atoms with Gasteiger partial charge in [-0.05, 0) is 54.2 Å². The lowest BCUT2D eigenvalue weighted by molar-refractivity contribution is 0.0971. The number of aromatic hydroxyl groups is 1. The summed E-state index contributed by atoms with van der Waals surface area (Å²) < 4.78 is 9.20. The number of benzene rings is 3. The lowest BCUT2D eigenvalue weighted by Crippen LogP contribution is -2.28. The molecule has 0 spiro atoms. The molecule has 0 aliphatic heterocycles. The van der Waals surface area contributed by atoms with Crippen LogP contribution in [-0.2, 0) is 29.7 Å². The molecule has 3 aromatic carbocycles. The van der Waals surface area contributed by atoms with Gasteiger partial charge < -0.3 is 19.0 Å². The van der Waals surface area contributed by atoms with Gasteiger partial charge in [0.2, 0.25) is 5.62 Å². The lowest BCUT2D eigenvalue weighted by atomic mass is 9.83. The van der Waals surface area contributed by atoms with Gasteiger partial charge in [0.1, 0.15) is 5.75 Å². The maximum Gasteiger partial charge on any atom is 0.203 e. The molecule has 0 fully saturated rings. The van der Waals surface area contributed by atoms with Gasteiger partial charge in [-0.15, -0.1) is 17.0 Å². The number of carbonyl (C=O) groups is 1. The number of nitrogens with zero attached hydrogens (tertiary/aromatic N) is 2. The van der Waals surface area contributed by atoms with Crippen molar-refractivity contribution in [1.29, 1.82) is 5.41 Å². The second-order valence-electron chi connectivity index (χ2n) is 10.1. The Bertz CT molecular complexity index is 1430. The van der Waals surface area contributed by atoms with Crippen LogP contribution < -0.4 is 5.62 Å². The highest BCUT2D eigenvalue weighted by Crippen LogP contribution is 2.35. The molecule has 4 aromatic rings. The van der Waals surface area contributed by atoms with E-state index in [1.165, 1.54) is 0 Å². The predicted molar refractivity (Wildman–Crippen MR) is 153 cm³/mol. The minimum absolute atomic E-state index is 0. The number of ketones is 1. The van der Waals surface area contributed by atoms with E-state index in [2.05, 4.69) is 0 Å². The number of hydrogen-bond acceptors (Lipinski definition) is 4. The Kier molecular flexibility index (Phi) is 9.16. The molecule has 1 aromatic heterocycles. The normalized spacial score (nSPS) is 11.5. The fourth-order valence-electron chi connectivity index (χ4n) is 4.56. The van der Waals surface area contributed by atoms with E-state index in [1.807, 2.05) is 86.9 Å². The number of nitrogens with one attached hydrogen (secondary N) is 1. The van der Waals surface area contributed by atoms with Crippen LogP contribution in [0, 0.1) is 5.41 Å². The van der Waals surface area contributed by atoms with Gasteiger partial charge >= 0.3 is 0 Å². The number of rotatable bonds is 9. The Labute approximate surface area is 228 Å². The van der Waals surface area contributed by atoms with Crippen molar-refractivity contribution >= 4 is 33.8 Å². The van der Waals surface area contributed by atoms with E-state index in [-0.39, 0.29) is 46.1 Å². The Morgan fingerprint density at radius 2 is 1.59 bits per heavy atom. The first-order valence-corrected chi connectivity index (χ1v) is 12.4. The third-order valence-corrected chi connectivity index (χ3v) is 6.50. The Morgan fingerprint density at radius 1 is 0.973 bits per heavy atom. The lowest BCUT2D eigenvalue weighted by Gasteiger charge is -2.23. The number of aromatic nitrogens is 2. The third-order valence-electron chi connectivity index (χ3n) is 6.50. The third kappa shape index (κ3) is 6.22. The number of Topliss-reactive ketones (excluding diaryl/α,β-unsaturated/α-hetero) is 1. The zero-order valence-corrected chi connectivity index (χ0v) is 23.7. The number of imidazole rings is 1. The molecule has 1 heterocycles. The van der Waals surface area contributed by atoms with E-state index in [0.29, 0.717) is 37.3 Å². The number of carbonyl (C=O) groups excluding carboxylic acids is 1. The molecule has 7 heteroatoms. The fourth-order valence-corrected chi connectivity index (χ4v) is 4.56. The van der Waals surface area contributed by atoms with Crippen molar-refractivity contribution in [3.8, 4) is 5.75 Å². The summed E-state index contributed by atoms with van der Waals surface area (Å²) in [5.74, 6) is 0.131. The van der Waals surface area contributed by atoms with Crippen molar-refractivity contribution in [3.05, 3.63) is 94.6 Å². The van der Waals surface area contributed by atoms with Gasteiger partial charge in [-0.2, -0.15) is 0 Å². The Hall–Kier alpha value is -3.16. The average Bonchev–Trinajstić information content (AvgIpc) is 3.11. The van der Waals surface area contributed by atoms with Crippen LogP contribution >= 0.6 is 17.0 Å². The number of para-hydroxylation sites is 2. The van der Waals surface area contributed by atoms with Gasteiger partial charge in [0.05, 0.1) is 30.7 Å². The first kappa shape index (κ1) is 28.4. The molecule has 0 unspecified atom stereocenters. The number of ether oxygens (including phenoxy) is 1. The molecule has 0 atom stereocenters. The van der Waals surface area contributed by atoms with Gasteiger partial charge in [-0.3, -0.25) is 10.2 Å². The van der Waals surface area contributed by atoms with Crippen molar-refractivity contribution in [2.45, 2.75) is 52.6 Å². The van der Waals surface area contributed by atoms with Crippen molar-refractivity contribution in [2.75, 3.05) is 13.2 Å². The molecule has 196 valence electrons. The molecular formula is C30H36BrN3O3. The monoisotopic (exact) mass is 565 g/mol. The van der Waals surface area contributed by atoms with Gasteiger partial charge in [0, 0.05) is 17.7 Å². The highest BCUT2D eigenvalue weighted by molar-refractivity contribution is 8.93. The van der Waals surface area contributed by atoms with E-state index < -0.39 is 0 Å². The predicted octanol–water partition coefficient (Wildman–Crippen LogP) is 6.01. The van der Waals surface area contributed by atoms with Crippen molar-refractivity contribution in [3.63, 3.8) is 0 Å². The minimum Gasteiger partial charge on any atom is -0.507 e. The molecule has 4 rings (SSSR count). The van der Waals surface area contributed by atoms with Gasteiger partial charge in [0.25, 0.3) is 0 Å². The first-order chi connectivity index (χ1) is 17.2. The quantitative estimate of drug-likeness (QED) is 0.192. The number of phenolic OH excluding ortho intramolecular Hbond substituents is 1. The van der Waals surface area contributed by atoms with Gasteiger partial charge in [-0.1, -0.05) is 63.2 Å². The van der Waals surface area contributed by atoms with E-state index in [0.717, 1.165) is 22.2 Å². The zero-order valence-electron chi connectivity index (χ0n) is 22.0. The summed E-state index contributed by atoms with van der Waals surface area (Å²) in [6, 6.07) is 21.4. The van der Waals surface area contributed by atoms with E-state index in [9.17, 15) is 9.90 Å². The average molecular weight is 567 g/mol. The van der Waals surface area contributed by atoms with Crippen LogP contribution in [0.1, 0.15) is 54.7 Å². The SMILES string of the molecule is Br.CCOCCc1cc(C(=O)Cn2c(=N)n(Cc3ccccc3)c3ccccc32)cc(C(C)(C)C)c1O. The Balaban J connectivity index is 0.00000380. The summed E-state index contributed by atoms with van der Waals surface area (Å²) in [5.41, 5.74) is 4.79. The molecule has 2 N–H and O–H groups in total. The minimum atomic E-state index is -0.333. The van der Waals surface area contributed by atoms with Gasteiger partial charge in [-0.25, -0.2) is 0 Å². The van der Waals surface area contributed by atoms with E-state index in [4.69, 9.17) is 10.1 Å². The van der Waals surface area contributed by atoms with Crippen molar-refractivity contribution < 1.29 is 14.6 Å². The maximum absolute atomic E-state index is 13.6. The van der Waals surface area contributed by atoms with Crippen LogP contribution in [0.25, 0.3) is 11.0 Å². The standard InChI is InChI=1S/C30H35N3O3.BrH/c1-5-36-16-15-22-17-23(18-24(28(22)35)30(2,3)4)27(34)20-33-26-14-10-9-13-25(26)32(29(33)31)19-21-11-7-6-8-12-21;/h6-14,17-18,31,35H,5,15-16,19-20H2,1-4H3;1H. The smallest absolute Gasteiger partial charge is 0.203 e. The van der Waals surface area contributed by atoms with Crippen molar-refractivity contribution in [1.82, 2.24) is 9.13 Å². The largest absolute Gasteiger partial charge is 0.507 e. The summed E-state index contributed by atoms with van der Waals surface area (Å²) in [4.78, 5) is 13.6. The number of hydrogen-bond donors (Lipinski definition) is 2. The Morgan fingerprint density at radius 3 is 2.22 bits per heavy atom. The highest BCUT2D eigenvalue weighted by atomic mass is 79.9. The molecule has 0 radical (unpaired) electrons. The second-order valence-corrected chi connectivity index (χ2v) is 10.1. The summed E-state index contributed by atoms with van der Waals surface area (Å²) in [5, 5.41) is 19.9. The molecule has 0 aliphatic rings. The van der Waals surface area contributed by atoms with Crippen LogP contribution in [0.4, 0.5) is 0 Å². The first-order valence-electron chi connectivity index (χ1n) is 12.4. The van der Waals surface area contributed by atoms with Crippen LogP contribution in [-0.4, -0.2) is 33.2 Å². The van der Waals surface area contributed by atoms with Crippen LogP contribution in [0.5, 0.6) is 5.75 Å². The molecule has 0 aliphatic carbocycles. The molecule has 0 bridgehead atoms. The fraction of sp³-hybridized carbons (Fsp3) is 0.333. The summed E-state index contributed by atoms with van der Waals surface area (Å²) in [6.45, 7) is 9.68. The van der Waals surface area contributed by atoms with Crippen LogP contribution in [0.2, 0.25) is 0 Å². The zero-order chi connectivity index (χ0) is 25.9. The van der Waals surface area contributed by atoms with E-state index >= 15 is 0 Å². The molecular weight excluding hydrogens is 530 g/mol.